The van der Waals surface area contributed by atoms with Crippen molar-refractivity contribution in [2.45, 2.75) is 19.0 Å². The number of thiazole rings is 1. The van der Waals surface area contributed by atoms with E-state index in [1.165, 1.54) is 18.4 Å². The molecular weight excluding hydrogens is 306 g/mol. The molecule has 0 aromatic carbocycles. The molecule has 1 aliphatic heterocycles. The minimum Gasteiger partial charge on any atom is -0.469 e. The molecule has 5 nitrogen and oxygen atoms in total. The Morgan fingerprint density at radius 3 is 3.11 bits per heavy atom. The topological polar surface area (TPSA) is 68.5 Å². The van der Waals surface area contributed by atoms with Gasteiger partial charge in [-0.25, -0.2) is 4.98 Å². The lowest BCUT2D eigenvalue weighted by Gasteiger charge is -2.34. The number of aromatic nitrogens is 1. The van der Waals surface area contributed by atoms with Crippen molar-refractivity contribution in [3.8, 4) is 0 Å². The number of thioether (sulfide) groups is 1. The number of esters is 1. The van der Waals surface area contributed by atoms with Crippen LogP contribution in [0.25, 0.3) is 0 Å². The second-order valence-electron chi connectivity index (χ2n) is 4.14. The Morgan fingerprint density at radius 2 is 2.47 bits per heavy atom. The molecule has 2 heterocycles. The lowest BCUT2D eigenvalue weighted by molar-refractivity contribution is -0.141. The Labute approximate surface area is 127 Å². The lowest BCUT2D eigenvalue weighted by atomic mass is 10.2. The first-order valence-electron chi connectivity index (χ1n) is 5.78. The summed E-state index contributed by atoms with van der Waals surface area (Å²) in [6.45, 7) is 1.81. The number of rotatable bonds is 4. The van der Waals surface area contributed by atoms with Gasteiger partial charge in [-0.1, -0.05) is 0 Å². The zero-order chi connectivity index (χ0) is 13.0. The first-order valence-corrected chi connectivity index (χ1v) is 7.75. The Hall–Kier alpha value is -0.500. The maximum absolute atomic E-state index is 11.4. The van der Waals surface area contributed by atoms with E-state index in [-0.39, 0.29) is 24.4 Å². The van der Waals surface area contributed by atoms with Gasteiger partial charge in [-0.05, 0) is 0 Å². The molecular formula is C11H18ClN3O2S2. The van der Waals surface area contributed by atoms with Crippen molar-refractivity contribution in [1.82, 2.24) is 9.88 Å². The fourth-order valence-electron chi connectivity index (χ4n) is 1.96. The maximum Gasteiger partial charge on any atom is 0.307 e. The summed E-state index contributed by atoms with van der Waals surface area (Å²) in [6, 6.07) is 0.250. The van der Waals surface area contributed by atoms with Gasteiger partial charge in [0.25, 0.3) is 0 Å². The van der Waals surface area contributed by atoms with Crippen LogP contribution in [0.5, 0.6) is 0 Å². The van der Waals surface area contributed by atoms with Crippen molar-refractivity contribution < 1.29 is 9.53 Å². The first kappa shape index (κ1) is 16.6. The Balaban J connectivity index is 0.00000180. The third-order valence-corrected chi connectivity index (χ3v) is 4.81. The van der Waals surface area contributed by atoms with Crippen molar-refractivity contribution >= 4 is 46.6 Å². The Morgan fingerprint density at radius 1 is 1.68 bits per heavy atom. The van der Waals surface area contributed by atoms with E-state index in [2.05, 4.69) is 9.88 Å². The second-order valence-corrected chi connectivity index (χ2v) is 6.44. The summed E-state index contributed by atoms with van der Waals surface area (Å²) >= 11 is 3.40. The number of carbonyl (C=O) groups is 1. The van der Waals surface area contributed by atoms with Crippen LogP contribution in [-0.2, 0) is 16.1 Å². The molecule has 0 radical (unpaired) electrons. The van der Waals surface area contributed by atoms with E-state index >= 15 is 0 Å². The number of nitrogens with two attached hydrogens (primary N) is 1. The summed E-state index contributed by atoms with van der Waals surface area (Å²) in [5, 5.41) is 0.598. The normalized spacial score (nSPS) is 19.7. The molecule has 1 fully saturated rings. The molecule has 1 aromatic heterocycles. The fraction of sp³-hybridized carbons (Fsp3) is 0.636. The summed E-state index contributed by atoms with van der Waals surface area (Å²) < 4.78 is 4.75. The number of methoxy groups -OCH3 is 1. The van der Waals surface area contributed by atoms with Crippen molar-refractivity contribution in [3.63, 3.8) is 0 Å². The number of hydrogen-bond acceptors (Lipinski definition) is 7. The minimum atomic E-state index is -0.142. The van der Waals surface area contributed by atoms with Crippen LogP contribution in [0.4, 0.5) is 5.13 Å². The molecule has 1 atom stereocenters. The van der Waals surface area contributed by atoms with Crippen molar-refractivity contribution in [3.05, 3.63) is 11.1 Å². The number of nitrogens with zero attached hydrogens (tertiary/aromatic N) is 2. The predicted molar refractivity (Wildman–Crippen MR) is 81.9 cm³/mol. The second kappa shape index (κ2) is 7.94. The highest BCUT2D eigenvalue weighted by atomic mass is 35.5. The Bertz CT molecular complexity index is 416. The van der Waals surface area contributed by atoms with E-state index in [1.807, 2.05) is 18.0 Å². The molecule has 1 saturated heterocycles. The van der Waals surface area contributed by atoms with Crippen LogP contribution >= 0.6 is 35.5 Å². The van der Waals surface area contributed by atoms with Crippen molar-refractivity contribution in [1.29, 1.82) is 0 Å². The number of hydrogen-bond donors (Lipinski definition) is 1. The minimum absolute atomic E-state index is 0. The van der Waals surface area contributed by atoms with Crippen LogP contribution in [0.3, 0.4) is 0 Å². The average molecular weight is 324 g/mol. The monoisotopic (exact) mass is 323 g/mol. The standard InChI is InChI=1S/C11H17N3O2S2.ClH/c1-16-10(15)4-8-7-17-3-2-14(8)6-9-5-13-11(12)18-9;/h5,8H,2-4,6-7H2,1H3,(H2,12,13);1H. The average Bonchev–Trinajstić information content (AvgIpc) is 2.77. The molecule has 1 unspecified atom stereocenters. The molecule has 0 amide bonds. The van der Waals surface area contributed by atoms with E-state index in [1.54, 1.807) is 0 Å². The van der Waals surface area contributed by atoms with Gasteiger partial charge in [-0.3, -0.25) is 9.69 Å². The van der Waals surface area contributed by atoms with Crippen LogP contribution < -0.4 is 5.73 Å². The number of carbonyl (C=O) groups excluding carboxylic acids is 1. The van der Waals surface area contributed by atoms with E-state index < -0.39 is 0 Å². The van der Waals surface area contributed by atoms with E-state index in [0.29, 0.717) is 11.6 Å². The quantitative estimate of drug-likeness (QED) is 0.849. The predicted octanol–water partition coefficient (Wildman–Crippen LogP) is 1.63. The first-order chi connectivity index (χ1) is 8.69. The van der Waals surface area contributed by atoms with Gasteiger partial charge in [0, 0.05) is 41.7 Å². The van der Waals surface area contributed by atoms with Crippen LogP contribution in [0.15, 0.2) is 6.20 Å². The zero-order valence-corrected chi connectivity index (χ0v) is 13.2. The number of halogens is 1. The van der Waals surface area contributed by atoms with Crippen LogP contribution in [0, 0.1) is 0 Å². The van der Waals surface area contributed by atoms with Gasteiger partial charge < -0.3 is 10.5 Å². The third kappa shape index (κ3) is 4.83. The smallest absolute Gasteiger partial charge is 0.307 e. The van der Waals surface area contributed by atoms with Gasteiger partial charge in [0.2, 0.25) is 0 Å². The number of ether oxygens (including phenoxy) is 1. The molecule has 0 spiro atoms. The van der Waals surface area contributed by atoms with E-state index in [4.69, 9.17) is 10.5 Å². The van der Waals surface area contributed by atoms with Gasteiger partial charge in [-0.2, -0.15) is 11.8 Å². The summed E-state index contributed by atoms with van der Waals surface area (Å²) in [7, 11) is 1.44. The van der Waals surface area contributed by atoms with Crippen LogP contribution in [-0.4, -0.2) is 47.1 Å². The summed E-state index contributed by atoms with van der Waals surface area (Å²) in [5.74, 6) is 1.94. The lowest BCUT2D eigenvalue weighted by Crippen LogP contribution is -2.42. The molecule has 0 saturated carbocycles. The Kier molecular flexibility index (Phi) is 6.92. The highest BCUT2D eigenvalue weighted by Crippen LogP contribution is 2.24. The molecule has 108 valence electrons. The maximum atomic E-state index is 11.4. The molecule has 1 aliphatic rings. The summed E-state index contributed by atoms with van der Waals surface area (Å²) in [5.41, 5.74) is 5.63. The molecule has 2 N–H and O–H groups in total. The van der Waals surface area contributed by atoms with Crippen LogP contribution in [0.2, 0.25) is 0 Å². The van der Waals surface area contributed by atoms with Gasteiger partial charge in [0.15, 0.2) is 5.13 Å². The van der Waals surface area contributed by atoms with E-state index in [9.17, 15) is 4.79 Å². The van der Waals surface area contributed by atoms with Gasteiger partial charge in [0.1, 0.15) is 0 Å². The SMILES string of the molecule is COC(=O)CC1CSCCN1Cc1cnc(N)s1.Cl. The highest BCUT2D eigenvalue weighted by Gasteiger charge is 2.25. The van der Waals surface area contributed by atoms with Gasteiger partial charge in [0.05, 0.1) is 13.5 Å². The molecule has 2 rings (SSSR count). The highest BCUT2D eigenvalue weighted by molar-refractivity contribution is 7.99. The fourth-order valence-corrected chi connectivity index (χ4v) is 3.80. The third-order valence-electron chi connectivity index (χ3n) is 2.91. The van der Waals surface area contributed by atoms with Crippen molar-refractivity contribution in [2.75, 3.05) is 30.9 Å². The number of nitrogen functional groups attached to an aromatic ring is 1. The molecule has 8 heteroatoms. The van der Waals surface area contributed by atoms with Crippen LogP contribution in [0.1, 0.15) is 11.3 Å². The van der Waals surface area contributed by atoms with Gasteiger partial charge in [-0.15, -0.1) is 23.7 Å². The molecule has 0 aliphatic carbocycles. The van der Waals surface area contributed by atoms with E-state index in [0.717, 1.165) is 29.5 Å². The molecule has 19 heavy (non-hydrogen) atoms. The van der Waals surface area contributed by atoms with Gasteiger partial charge >= 0.3 is 5.97 Å². The summed E-state index contributed by atoms with van der Waals surface area (Å²) in [4.78, 5) is 18.9. The zero-order valence-electron chi connectivity index (χ0n) is 10.7. The summed E-state index contributed by atoms with van der Waals surface area (Å²) in [6.07, 6.45) is 2.27. The largest absolute Gasteiger partial charge is 0.469 e. The molecule has 1 aromatic rings. The number of anilines is 1. The molecule has 0 bridgehead atoms. The van der Waals surface area contributed by atoms with Crippen molar-refractivity contribution in [2.24, 2.45) is 0 Å².